The second kappa shape index (κ2) is 6.11. The lowest BCUT2D eigenvalue weighted by Gasteiger charge is -2.07. The van der Waals surface area contributed by atoms with E-state index in [4.69, 9.17) is 11.9 Å². The molecule has 0 aliphatic rings. The molecule has 96 valence electrons. The van der Waals surface area contributed by atoms with Crippen molar-refractivity contribution in [3.63, 3.8) is 0 Å². The Morgan fingerprint density at radius 1 is 1.67 bits per heavy atom. The molecular weight excluding hydrogens is 258 g/mol. The molecule has 1 rings (SSSR count). The lowest BCUT2D eigenvalue weighted by molar-refractivity contribution is 0.0742. The summed E-state index contributed by atoms with van der Waals surface area (Å²) in [5.41, 5.74) is -0.249. The summed E-state index contributed by atoms with van der Waals surface area (Å²) < 4.78 is 5.09. The van der Waals surface area contributed by atoms with Gasteiger partial charge in [-0.1, -0.05) is 19.1 Å². The van der Waals surface area contributed by atoms with E-state index in [9.17, 15) is 9.59 Å². The molecule has 0 aliphatic carbocycles. The van der Waals surface area contributed by atoms with Gasteiger partial charge in [0.1, 0.15) is 17.6 Å². The van der Waals surface area contributed by atoms with Crippen LogP contribution in [-0.4, -0.2) is 22.5 Å². The highest BCUT2D eigenvalue weighted by atomic mass is 35.5. The number of carbonyl (C=O) groups is 1. The maximum atomic E-state index is 11.8. The van der Waals surface area contributed by atoms with E-state index in [1.807, 2.05) is 6.92 Å². The van der Waals surface area contributed by atoms with E-state index in [0.717, 1.165) is 11.1 Å². The number of nitrogens with zero attached hydrogens (tertiary/aromatic N) is 3. The number of aryl methyl sites for hydroxylation is 1. The Hall–Kier alpha value is -1.95. The van der Waals surface area contributed by atoms with E-state index in [2.05, 4.69) is 21.1 Å². The summed E-state index contributed by atoms with van der Waals surface area (Å²) in [6.45, 7) is 5.23. The van der Waals surface area contributed by atoms with Crippen LogP contribution in [0.4, 0.5) is 5.69 Å². The molecule has 0 radical (unpaired) electrons. The first-order valence-electron chi connectivity index (χ1n) is 5.14. The highest BCUT2D eigenvalue weighted by molar-refractivity contribution is 6.16. The van der Waals surface area contributed by atoms with Gasteiger partial charge in [0.05, 0.1) is 0 Å². The van der Waals surface area contributed by atoms with Gasteiger partial charge in [0.2, 0.25) is 0 Å². The summed E-state index contributed by atoms with van der Waals surface area (Å²) in [6.07, 6.45) is 4.05. The van der Waals surface area contributed by atoms with E-state index in [1.54, 1.807) is 12.2 Å². The number of hydrogen-bond donors (Lipinski definition) is 0. The number of halogens is 1. The Kier molecular flexibility index (Phi) is 4.79. The second-order valence-electron chi connectivity index (χ2n) is 3.37. The van der Waals surface area contributed by atoms with Crippen molar-refractivity contribution in [3.05, 3.63) is 27.7 Å². The summed E-state index contributed by atoms with van der Waals surface area (Å²) in [5.74, 6) is -0.854. The molecule has 0 aromatic carbocycles. The number of carbonyl (C=O) groups excluding carboxylic acids is 1. The summed E-state index contributed by atoms with van der Waals surface area (Å²) in [5, 5.41) is 3.81. The van der Waals surface area contributed by atoms with Gasteiger partial charge in [0.15, 0.2) is 5.69 Å². The summed E-state index contributed by atoms with van der Waals surface area (Å²) in [7, 11) is 1.40. The molecule has 0 saturated heterocycles. The van der Waals surface area contributed by atoms with Crippen LogP contribution in [0, 0.1) is 0 Å². The molecule has 0 aliphatic heterocycles. The summed E-state index contributed by atoms with van der Waals surface area (Å²) in [6, 6.07) is 0. The van der Waals surface area contributed by atoms with Crippen LogP contribution in [0.25, 0.3) is 6.08 Å². The minimum Gasteiger partial charge on any atom is -0.342 e. The largest absolute Gasteiger partial charge is 0.377 e. The topological polar surface area (TPSA) is 73.5 Å². The van der Waals surface area contributed by atoms with E-state index < -0.39 is 11.5 Å². The van der Waals surface area contributed by atoms with Gasteiger partial charge >= 0.3 is 5.97 Å². The fourth-order valence-electron chi connectivity index (χ4n) is 1.36. The standard InChI is InChI=1S/C11H12ClN3O3/c1-4-5-6-7-8(13-2)10(16)15(3)14-9(7)11(17)18-12/h5-6H,2,4H2,1,3H3/b6-5-. The summed E-state index contributed by atoms with van der Waals surface area (Å²) in [4.78, 5) is 26.9. The molecule has 1 aromatic rings. The van der Waals surface area contributed by atoms with Gasteiger partial charge in [0.25, 0.3) is 5.56 Å². The Bertz CT molecular complexity index is 563. The average molecular weight is 270 g/mol. The predicted octanol–water partition coefficient (Wildman–Crippen LogP) is 1.85. The molecule has 0 spiro atoms. The van der Waals surface area contributed by atoms with Crippen molar-refractivity contribution in [1.29, 1.82) is 0 Å². The Balaban J connectivity index is 3.64. The SMILES string of the molecule is C=Nc1c(/C=C\CC)c(C(=O)OCl)nn(C)c1=O. The maximum Gasteiger partial charge on any atom is 0.377 e. The van der Waals surface area contributed by atoms with Gasteiger partial charge in [-0.3, -0.25) is 9.79 Å². The minimum atomic E-state index is -0.854. The van der Waals surface area contributed by atoms with Crippen LogP contribution < -0.4 is 5.56 Å². The third-order valence-corrected chi connectivity index (χ3v) is 2.34. The molecule has 1 heterocycles. The van der Waals surface area contributed by atoms with Gasteiger partial charge in [-0.2, -0.15) is 5.10 Å². The van der Waals surface area contributed by atoms with Crippen LogP contribution in [-0.2, 0) is 11.3 Å². The summed E-state index contributed by atoms with van der Waals surface area (Å²) >= 11 is 5.03. The van der Waals surface area contributed by atoms with E-state index >= 15 is 0 Å². The smallest absolute Gasteiger partial charge is 0.342 e. The third kappa shape index (κ3) is 2.65. The van der Waals surface area contributed by atoms with Crippen LogP contribution >= 0.6 is 11.9 Å². The molecule has 1 aromatic heterocycles. The Morgan fingerprint density at radius 3 is 2.83 bits per heavy atom. The van der Waals surface area contributed by atoms with Gasteiger partial charge in [-0.05, 0) is 13.1 Å². The Labute approximate surface area is 109 Å². The molecule has 0 bridgehead atoms. The lowest BCUT2D eigenvalue weighted by atomic mass is 10.1. The van der Waals surface area contributed by atoms with Gasteiger partial charge in [0, 0.05) is 12.6 Å². The first kappa shape index (κ1) is 14.1. The van der Waals surface area contributed by atoms with Crippen molar-refractivity contribution in [2.75, 3.05) is 0 Å². The van der Waals surface area contributed by atoms with Crippen LogP contribution in [0.3, 0.4) is 0 Å². The molecule has 0 amide bonds. The highest BCUT2D eigenvalue weighted by Gasteiger charge is 2.20. The molecule has 0 unspecified atom stereocenters. The molecular formula is C11H12ClN3O3. The molecule has 0 saturated carbocycles. The van der Waals surface area contributed by atoms with Crippen molar-refractivity contribution >= 4 is 36.3 Å². The minimum absolute atomic E-state index is 0.0364. The highest BCUT2D eigenvalue weighted by Crippen LogP contribution is 2.19. The van der Waals surface area contributed by atoms with Crippen LogP contribution in [0.5, 0.6) is 0 Å². The zero-order chi connectivity index (χ0) is 13.7. The number of rotatable bonds is 4. The quantitative estimate of drug-likeness (QED) is 0.782. The van der Waals surface area contributed by atoms with Crippen LogP contribution in [0.15, 0.2) is 15.9 Å². The number of allylic oxidation sites excluding steroid dienone is 1. The normalized spacial score (nSPS) is 10.6. The first-order chi connectivity index (χ1) is 8.56. The van der Waals surface area contributed by atoms with Gasteiger partial charge < -0.3 is 4.29 Å². The molecule has 0 fully saturated rings. The van der Waals surface area contributed by atoms with Crippen LogP contribution in [0.2, 0.25) is 0 Å². The molecule has 18 heavy (non-hydrogen) atoms. The van der Waals surface area contributed by atoms with Crippen LogP contribution in [0.1, 0.15) is 29.4 Å². The molecule has 7 heteroatoms. The number of hydrogen-bond acceptors (Lipinski definition) is 5. The van der Waals surface area contributed by atoms with E-state index in [0.29, 0.717) is 0 Å². The molecule has 0 N–H and O–H groups in total. The molecule has 6 nitrogen and oxygen atoms in total. The van der Waals surface area contributed by atoms with Crippen molar-refractivity contribution in [3.8, 4) is 0 Å². The van der Waals surface area contributed by atoms with Crippen molar-refractivity contribution in [2.45, 2.75) is 13.3 Å². The van der Waals surface area contributed by atoms with E-state index in [1.165, 1.54) is 7.05 Å². The fourth-order valence-corrected chi connectivity index (χ4v) is 1.44. The zero-order valence-corrected chi connectivity index (χ0v) is 10.8. The zero-order valence-electron chi connectivity index (χ0n) is 10.0. The second-order valence-corrected chi connectivity index (χ2v) is 3.53. The Morgan fingerprint density at radius 2 is 2.33 bits per heavy atom. The van der Waals surface area contributed by atoms with Crippen molar-refractivity contribution in [2.24, 2.45) is 12.0 Å². The van der Waals surface area contributed by atoms with E-state index in [-0.39, 0.29) is 16.9 Å². The fraction of sp³-hybridized carbons (Fsp3) is 0.273. The molecule has 0 atom stereocenters. The lowest BCUT2D eigenvalue weighted by Crippen LogP contribution is -2.24. The average Bonchev–Trinajstić information content (AvgIpc) is 2.38. The number of aliphatic imine (C=N–C) groups is 1. The third-order valence-electron chi connectivity index (χ3n) is 2.20. The van der Waals surface area contributed by atoms with Gasteiger partial charge in [-0.15, -0.1) is 0 Å². The van der Waals surface area contributed by atoms with Gasteiger partial charge in [-0.25, -0.2) is 9.48 Å². The van der Waals surface area contributed by atoms with Crippen molar-refractivity contribution < 1.29 is 9.08 Å². The number of aromatic nitrogens is 2. The van der Waals surface area contributed by atoms with Crippen molar-refractivity contribution in [1.82, 2.24) is 9.78 Å². The monoisotopic (exact) mass is 269 g/mol. The maximum absolute atomic E-state index is 11.8. The predicted molar refractivity (Wildman–Crippen MR) is 69.3 cm³/mol. The first-order valence-corrected chi connectivity index (χ1v) is 5.45.